The molecule has 1 fully saturated rings. The maximum atomic E-state index is 7.50. The van der Waals surface area contributed by atoms with E-state index in [1.165, 1.54) is 160 Å². The predicted octanol–water partition coefficient (Wildman–Crippen LogP) is 18.6. The van der Waals surface area contributed by atoms with E-state index in [2.05, 4.69) is 262 Å². The number of benzene rings is 9. The fraction of sp³-hybridized carbons (Fsp3) is 0.289. The number of anilines is 6. The minimum absolute atomic E-state index is 0.0249. The van der Waals surface area contributed by atoms with Crippen LogP contribution in [-0.4, -0.2) is 6.71 Å². The summed E-state index contributed by atoms with van der Waals surface area (Å²) in [6.45, 7) is 26.4. The van der Waals surface area contributed by atoms with Crippen LogP contribution in [0.3, 0.4) is 0 Å². The molecule has 0 atom stereocenters. The van der Waals surface area contributed by atoms with Gasteiger partial charge in [0.1, 0.15) is 11.2 Å². The molecule has 10 aromatic rings. The first-order valence-corrected chi connectivity index (χ1v) is 29.8. The van der Waals surface area contributed by atoms with Crippen LogP contribution in [-0.2, 0) is 27.1 Å². The van der Waals surface area contributed by atoms with Gasteiger partial charge < -0.3 is 14.2 Å². The van der Waals surface area contributed by atoms with Crippen LogP contribution in [0, 0.1) is 0 Å². The maximum absolute atomic E-state index is 7.50. The smallest absolute Gasteiger partial charge is 0.257 e. The largest absolute Gasteiger partial charge is 0.457 e. The summed E-state index contributed by atoms with van der Waals surface area (Å²) in [6.07, 6.45) is 6.21. The Hall–Kier alpha value is -7.56. The normalized spacial score (nSPS) is 18.0. The van der Waals surface area contributed by atoms with Crippen molar-refractivity contribution in [2.75, 3.05) is 9.80 Å². The lowest BCUT2D eigenvalue weighted by molar-refractivity contribution is 0.444. The van der Waals surface area contributed by atoms with Gasteiger partial charge in [0.25, 0.3) is 6.71 Å². The molecule has 0 bridgehead atoms. The Kier molecular flexibility index (Phi) is 10.5. The number of hydrogen-bond donors (Lipinski definition) is 0. The van der Waals surface area contributed by atoms with Gasteiger partial charge >= 0.3 is 0 Å². The molecule has 0 saturated heterocycles. The van der Waals surface area contributed by atoms with Crippen molar-refractivity contribution in [2.24, 2.45) is 0 Å². The van der Waals surface area contributed by atoms with Gasteiger partial charge in [-0.15, -0.1) is 0 Å². The van der Waals surface area contributed by atoms with Gasteiger partial charge in [0.05, 0.1) is 5.69 Å². The van der Waals surface area contributed by atoms with Gasteiger partial charge in [-0.2, -0.15) is 0 Å². The second-order valence-electron chi connectivity index (χ2n) is 27.5. The highest BCUT2D eigenvalue weighted by Gasteiger charge is 2.50. The summed E-state index contributed by atoms with van der Waals surface area (Å²) < 4.78 is 7.50. The molecular weight excluding hydrogens is 968 g/mol. The summed E-state index contributed by atoms with van der Waals surface area (Å²) in [5.74, 6) is 0.453. The molecule has 0 radical (unpaired) electrons. The zero-order chi connectivity index (χ0) is 55.0. The Morgan fingerprint density at radius 2 is 1.00 bits per heavy atom. The lowest BCUT2D eigenvalue weighted by Crippen LogP contribution is -2.62. The van der Waals surface area contributed by atoms with Crippen molar-refractivity contribution in [3.63, 3.8) is 0 Å². The van der Waals surface area contributed by atoms with Gasteiger partial charge in [-0.05, 0) is 162 Å². The number of fused-ring (bicyclic) bond motifs is 12. The fourth-order valence-corrected chi connectivity index (χ4v) is 16.1. The van der Waals surface area contributed by atoms with Gasteiger partial charge in [0, 0.05) is 66.4 Å². The lowest BCUT2D eigenvalue weighted by Gasteiger charge is -2.49. The Bertz CT molecular complexity index is 4230. The molecule has 396 valence electrons. The van der Waals surface area contributed by atoms with Gasteiger partial charge in [-0.25, -0.2) is 0 Å². The molecule has 80 heavy (non-hydrogen) atoms. The molecule has 1 saturated carbocycles. The summed E-state index contributed by atoms with van der Waals surface area (Å²) in [5, 5.41) is 2.34. The standard InChI is InChI=1S/C76H73BN2O/c1-72(2,3)49-34-39-68-53(42-49)52-36-38-64-70(71(52)80-68)77-62-44-60-61(76(10,11)57-32-22-21-31-56(57)75(60,8)9)45-65(62)78(50-35-37-58-59(43-50)74(6,7)55-30-20-19-29-54(55)73(58,4)5)66-40-48(46-24-14-12-15-25-46)41-67(69(66)77)79(64)63-33-23-18-28-51(63)47-26-16-13-17-27-47/h13,16-23,26-46H,12,14-15,24-25H2,1-11H3. The third-order valence-electron chi connectivity index (χ3n) is 20.5. The molecule has 0 N–H and O–H groups in total. The molecule has 0 amide bonds. The SMILES string of the molecule is CC(C)(C)c1ccc2oc3c4c(ccc3c2c1)N(c1ccccc1-c1ccccc1)c1cc(C2CCCCC2)cc2c1B4c1cc3c(cc1N2c1ccc2c(c1)C(C)(C)c1ccccc1C2(C)C)C(C)(C)c1ccccc1C3(C)C. The average molecular weight is 1040 g/mol. The van der Waals surface area contributed by atoms with Crippen LogP contribution in [0.15, 0.2) is 180 Å². The number of hydrogen-bond acceptors (Lipinski definition) is 3. The van der Waals surface area contributed by atoms with Crippen LogP contribution >= 0.6 is 0 Å². The van der Waals surface area contributed by atoms with Gasteiger partial charge in [-0.3, -0.25) is 0 Å². The van der Waals surface area contributed by atoms with Gasteiger partial charge in [0.15, 0.2) is 0 Å². The number of para-hydroxylation sites is 1. The molecule has 0 spiro atoms. The van der Waals surface area contributed by atoms with Crippen LogP contribution in [0.4, 0.5) is 34.1 Å². The molecule has 3 heterocycles. The predicted molar refractivity (Wildman–Crippen MR) is 339 cm³/mol. The zero-order valence-corrected chi connectivity index (χ0v) is 48.7. The van der Waals surface area contributed by atoms with Crippen LogP contribution in [0.1, 0.15) is 170 Å². The van der Waals surface area contributed by atoms with E-state index >= 15 is 0 Å². The van der Waals surface area contributed by atoms with Crippen molar-refractivity contribution in [2.45, 2.75) is 141 Å². The number of nitrogens with zero attached hydrogens (tertiary/aromatic N) is 2. The van der Waals surface area contributed by atoms with Gasteiger partial charge in [0.2, 0.25) is 0 Å². The van der Waals surface area contributed by atoms with E-state index in [0.29, 0.717) is 5.92 Å². The number of furan rings is 1. The maximum Gasteiger partial charge on any atom is 0.257 e. The topological polar surface area (TPSA) is 19.6 Å². The monoisotopic (exact) mass is 1040 g/mol. The molecule has 1 aromatic heterocycles. The second-order valence-corrected chi connectivity index (χ2v) is 27.5. The lowest BCUT2D eigenvalue weighted by atomic mass is 9.32. The van der Waals surface area contributed by atoms with E-state index in [-0.39, 0.29) is 33.8 Å². The van der Waals surface area contributed by atoms with Crippen LogP contribution in [0.2, 0.25) is 0 Å². The minimum atomic E-state index is -0.267. The summed E-state index contributed by atoms with van der Waals surface area (Å²) in [5.41, 5.74) is 28.6. The highest BCUT2D eigenvalue weighted by atomic mass is 16.3. The molecular formula is C76H73BN2O. The zero-order valence-electron chi connectivity index (χ0n) is 48.7. The molecule has 3 aliphatic carbocycles. The Morgan fingerprint density at radius 3 is 1.65 bits per heavy atom. The summed E-state index contributed by atoms with van der Waals surface area (Å²) in [4.78, 5) is 5.40. The molecule has 4 heteroatoms. The van der Waals surface area contributed by atoms with Gasteiger partial charge in [-0.1, -0.05) is 211 Å². The number of rotatable bonds is 4. The van der Waals surface area contributed by atoms with Crippen LogP contribution < -0.4 is 26.2 Å². The molecule has 3 nitrogen and oxygen atoms in total. The summed E-state index contributed by atoms with van der Waals surface area (Å²) >= 11 is 0. The first kappa shape index (κ1) is 49.5. The highest BCUT2D eigenvalue weighted by molar-refractivity contribution is 7.01. The van der Waals surface area contributed by atoms with E-state index in [0.717, 1.165) is 11.2 Å². The van der Waals surface area contributed by atoms with E-state index < -0.39 is 0 Å². The molecule has 2 aliphatic heterocycles. The summed E-state index contributed by atoms with van der Waals surface area (Å²) in [7, 11) is 0. The molecule has 15 rings (SSSR count). The molecule has 9 aromatic carbocycles. The Morgan fingerprint density at radius 1 is 0.438 bits per heavy atom. The minimum Gasteiger partial charge on any atom is -0.457 e. The van der Waals surface area contributed by atoms with E-state index in [9.17, 15) is 0 Å². The highest BCUT2D eigenvalue weighted by Crippen LogP contribution is 2.56. The Balaban J connectivity index is 1.10. The first-order valence-electron chi connectivity index (χ1n) is 29.8. The summed E-state index contributed by atoms with van der Waals surface area (Å²) in [6, 6.07) is 68.6. The first-order chi connectivity index (χ1) is 38.3. The van der Waals surface area contributed by atoms with E-state index in [1.807, 2.05) is 0 Å². The second kappa shape index (κ2) is 17.0. The van der Waals surface area contributed by atoms with Crippen LogP contribution in [0.25, 0.3) is 33.1 Å². The van der Waals surface area contributed by atoms with Crippen molar-refractivity contribution in [3.8, 4) is 11.1 Å². The third kappa shape index (κ3) is 6.87. The van der Waals surface area contributed by atoms with Crippen molar-refractivity contribution in [1.29, 1.82) is 0 Å². The van der Waals surface area contributed by atoms with Crippen LogP contribution in [0.5, 0.6) is 0 Å². The molecule has 5 aliphatic rings. The quantitative estimate of drug-likeness (QED) is 0.164. The third-order valence-corrected chi connectivity index (χ3v) is 20.5. The van der Waals surface area contributed by atoms with E-state index in [1.54, 1.807) is 0 Å². The van der Waals surface area contributed by atoms with Crippen molar-refractivity contribution < 1.29 is 4.42 Å². The van der Waals surface area contributed by atoms with Crippen molar-refractivity contribution >= 4 is 79.2 Å². The Labute approximate surface area is 474 Å². The van der Waals surface area contributed by atoms with Crippen molar-refractivity contribution in [3.05, 3.63) is 232 Å². The average Bonchev–Trinajstić information content (AvgIpc) is 3.98. The van der Waals surface area contributed by atoms with Crippen molar-refractivity contribution in [1.82, 2.24) is 0 Å². The molecule has 0 unspecified atom stereocenters. The van der Waals surface area contributed by atoms with E-state index in [4.69, 9.17) is 4.42 Å². The fourth-order valence-electron chi connectivity index (χ4n) is 16.1.